The zero-order valence-corrected chi connectivity index (χ0v) is 10.2. The Balaban J connectivity index is 4.37. The van der Waals surface area contributed by atoms with Gasteiger partial charge in [0, 0.05) is 0 Å². The monoisotopic (exact) mass is 221 g/mol. The van der Waals surface area contributed by atoms with E-state index >= 15 is 0 Å². The predicted octanol–water partition coefficient (Wildman–Crippen LogP) is 2.97. The van der Waals surface area contributed by atoms with E-state index < -0.39 is 13.3 Å². The van der Waals surface area contributed by atoms with E-state index in [1.165, 1.54) is 0 Å². The number of unbranched alkanes of at least 4 members (excludes halogenated alkanes) is 1. The Hall–Kier alpha value is 0.150. The number of hydrogen-bond donors (Lipinski definition) is 2. The lowest BCUT2D eigenvalue weighted by molar-refractivity contribution is 0.330. The van der Waals surface area contributed by atoms with Crippen LogP contribution in [-0.4, -0.2) is 15.4 Å². The molecule has 0 spiro atoms. The van der Waals surface area contributed by atoms with Gasteiger partial charge in [0.2, 0.25) is 0 Å². The lowest BCUT2D eigenvalue weighted by Gasteiger charge is -2.25. The fourth-order valence-electron chi connectivity index (χ4n) is 1.82. The lowest BCUT2D eigenvalue weighted by Crippen LogP contribution is -2.20. The molecule has 0 aliphatic rings. The molecule has 0 bridgehead atoms. The zero-order chi connectivity index (χ0) is 11.2. The van der Waals surface area contributed by atoms with Gasteiger partial charge in [-0.15, -0.1) is 0 Å². The third-order valence-electron chi connectivity index (χ3n) is 2.67. The summed E-state index contributed by atoms with van der Waals surface area (Å²) in [4.78, 5) is 18.3. The Kier molecular flexibility index (Phi) is 6.67. The van der Waals surface area contributed by atoms with Crippen molar-refractivity contribution in [1.82, 2.24) is 0 Å². The molecule has 2 N–H and O–H groups in total. The van der Waals surface area contributed by atoms with Crippen molar-refractivity contribution in [1.29, 1.82) is 0 Å². The van der Waals surface area contributed by atoms with E-state index in [2.05, 4.69) is 6.92 Å². The van der Waals surface area contributed by atoms with E-state index in [9.17, 15) is 4.57 Å². The molecule has 0 aliphatic heterocycles. The highest BCUT2D eigenvalue weighted by Crippen LogP contribution is 2.48. The minimum atomic E-state index is -3.94. The fourth-order valence-corrected chi connectivity index (χ4v) is 3.12. The van der Waals surface area contributed by atoms with Gasteiger partial charge in [0.25, 0.3) is 0 Å². The molecule has 0 saturated heterocycles. The Labute approximate surface area is 87.1 Å². The van der Waals surface area contributed by atoms with E-state index in [-0.39, 0.29) is 5.92 Å². The van der Waals surface area contributed by atoms with Gasteiger partial charge in [0.05, 0.1) is 5.66 Å². The van der Waals surface area contributed by atoms with Crippen molar-refractivity contribution in [2.45, 2.75) is 52.1 Å². The maximum Gasteiger partial charge on any atom is 0.329 e. The van der Waals surface area contributed by atoms with Gasteiger partial charge in [-0.3, -0.25) is 4.57 Å². The molecule has 14 heavy (non-hydrogen) atoms. The first-order valence-corrected chi connectivity index (χ1v) is 7.00. The van der Waals surface area contributed by atoms with Crippen LogP contribution in [-0.2, 0) is 4.57 Å². The SMILES string of the molecule is C[CH]C(C(CC)CCCC)P(=O)(O)O. The number of hydrogen-bond acceptors (Lipinski definition) is 1. The van der Waals surface area contributed by atoms with Crippen LogP contribution in [0.3, 0.4) is 0 Å². The second kappa shape index (κ2) is 6.60. The van der Waals surface area contributed by atoms with Crippen molar-refractivity contribution in [3.8, 4) is 0 Å². The van der Waals surface area contributed by atoms with Crippen molar-refractivity contribution >= 4 is 7.60 Å². The molecule has 0 aromatic heterocycles. The van der Waals surface area contributed by atoms with Crippen LogP contribution in [0.15, 0.2) is 0 Å². The molecule has 0 aliphatic carbocycles. The highest BCUT2D eigenvalue weighted by atomic mass is 31.2. The topological polar surface area (TPSA) is 57.5 Å². The summed E-state index contributed by atoms with van der Waals surface area (Å²) in [6, 6.07) is 0. The van der Waals surface area contributed by atoms with Crippen LogP contribution in [0, 0.1) is 12.3 Å². The van der Waals surface area contributed by atoms with Crippen LogP contribution in [0.25, 0.3) is 0 Å². The summed E-state index contributed by atoms with van der Waals surface area (Å²) in [6.45, 7) is 5.82. The summed E-state index contributed by atoms with van der Waals surface area (Å²) in [5, 5.41) is 0. The molecule has 0 aromatic carbocycles. The third-order valence-corrected chi connectivity index (χ3v) is 4.16. The van der Waals surface area contributed by atoms with E-state index in [0.29, 0.717) is 0 Å². The average Bonchev–Trinajstić information content (AvgIpc) is 2.09. The molecule has 1 radical (unpaired) electrons. The molecule has 0 fully saturated rings. The van der Waals surface area contributed by atoms with E-state index in [0.717, 1.165) is 25.7 Å². The van der Waals surface area contributed by atoms with E-state index in [4.69, 9.17) is 9.79 Å². The molecular weight excluding hydrogens is 199 g/mol. The summed E-state index contributed by atoms with van der Waals surface area (Å²) >= 11 is 0. The zero-order valence-electron chi connectivity index (χ0n) is 9.31. The Morgan fingerprint density at radius 3 is 2.21 bits per heavy atom. The maximum absolute atomic E-state index is 11.2. The standard InChI is InChI=1S/C10H22O3P/c1-4-7-8-9(5-2)10(6-3)14(11,12)13/h6,9-10H,4-5,7-8H2,1-3H3,(H2,11,12,13). The molecule has 4 heteroatoms. The third kappa shape index (κ3) is 4.59. The smallest absolute Gasteiger partial charge is 0.324 e. The summed E-state index contributed by atoms with van der Waals surface area (Å²) in [5.74, 6) is 0.126. The minimum Gasteiger partial charge on any atom is -0.324 e. The molecule has 2 atom stereocenters. The molecule has 0 aromatic rings. The number of rotatable bonds is 7. The van der Waals surface area contributed by atoms with Gasteiger partial charge in [0.1, 0.15) is 0 Å². The molecule has 0 amide bonds. The first kappa shape index (κ1) is 14.2. The quantitative estimate of drug-likeness (QED) is 0.650. The lowest BCUT2D eigenvalue weighted by atomic mass is 9.94. The largest absolute Gasteiger partial charge is 0.329 e. The molecule has 0 rings (SSSR count). The molecule has 0 saturated carbocycles. The molecular formula is C10H22O3P. The maximum atomic E-state index is 11.2. The van der Waals surface area contributed by atoms with Crippen molar-refractivity contribution < 1.29 is 14.4 Å². The van der Waals surface area contributed by atoms with Crippen molar-refractivity contribution in [3.63, 3.8) is 0 Å². The van der Waals surface area contributed by atoms with Gasteiger partial charge >= 0.3 is 7.60 Å². The van der Waals surface area contributed by atoms with Gasteiger partial charge in [-0.25, -0.2) is 0 Å². The van der Waals surface area contributed by atoms with Crippen LogP contribution >= 0.6 is 7.60 Å². The van der Waals surface area contributed by atoms with Crippen LogP contribution in [0.2, 0.25) is 0 Å². The Morgan fingerprint density at radius 2 is 1.93 bits per heavy atom. The van der Waals surface area contributed by atoms with Crippen molar-refractivity contribution in [3.05, 3.63) is 6.42 Å². The minimum absolute atomic E-state index is 0.126. The average molecular weight is 221 g/mol. The predicted molar refractivity (Wildman–Crippen MR) is 59.1 cm³/mol. The van der Waals surface area contributed by atoms with Gasteiger partial charge in [0.15, 0.2) is 0 Å². The van der Waals surface area contributed by atoms with Crippen LogP contribution in [0.5, 0.6) is 0 Å². The van der Waals surface area contributed by atoms with Gasteiger partial charge in [-0.1, -0.05) is 40.0 Å². The van der Waals surface area contributed by atoms with Crippen molar-refractivity contribution in [2.24, 2.45) is 5.92 Å². The molecule has 3 nitrogen and oxygen atoms in total. The molecule has 85 valence electrons. The Bertz CT molecular complexity index is 188. The second-order valence-corrected chi connectivity index (χ2v) is 5.50. The molecule has 2 unspecified atom stereocenters. The first-order valence-electron chi connectivity index (χ1n) is 5.32. The summed E-state index contributed by atoms with van der Waals surface area (Å²) in [7, 11) is -3.94. The summed E-state index contributed by atoms with van der Waals surface area (Å²) in [5.41, 5.74) is -0.556. The fraction of sp³-hybridized carbons (Fsp3) is 0.900. The van der Waals surface area contributed by atoms with E-state index in [1.54, 1.807) is 13.3 Å². The van der Waals surface area contributed by atoms with Crippen LogP contribution < -0.4 is 0 Å². The van der Waals surface area contributed by atoms with Crippen LogP contribution in [0.4, 0.5) is 0 Å². The van der Waals surface area contributed by atoms with Gasteiger partial charge in [-0.2, -0.15) is 0 Å². The first-order chi connectivity index (χ1) is 6.47. The Morgan fingerprint density at radius 1 is 1.36 bits per heavy atom. The van der Waals surface area contributed by atoms with E-state index in [1.807, 2.05) is 6.92 Å². The van der Waals surface area contributed by atoms with Crippen molar-refractivity contribution in [2.75, 3.05) is 0 Å². The highest BCUT2D eigenvalue weighted by Gasteiger charge is 2.33. The molecule has 0 heterocycles. The van der Waals surface area contributed by atoms with Crippen LogP contribution in [0.1, 0.15) is 46.5 Å². The van der Waals surface area contributed by atoms with Gasteiger partial charge in [-0.05, 0) is 18.8 Å². The second-order valence-electron chi connectivity index (χ2n) is 3.72. The highest BCUT2D eigenvalue weighted by molar-refractivity contribution is 7.52. The van der Waals surface area contributed by atoms with Gasteiger partial charge < -0.3 is 9.79 Å². The normalized spacial score (nSPS) is 16.6. The summed E-state index contributed by atoms with van der Waals surface area (Å²) < 4.78 is 11.2. The summed E-state index contributed by atoms with van der Waals surface area (Å²) in [6.07, 6.45) is 5.52.